The maximum atomic E-state index is 13.0. The van der Waals surface area contributed by atoms with E-state index in [-0.39, 0.29) is 22.6 Å². The molecule has 1 heterocycles. The Kier molecular flexibility index (Phi) is 6.55. The topological polar surface area (TPSA) is 114 Å². The second kappa shape index (κ2) is 8.98. The van der Waals surface area contributed by atoms with E-state index in [0.29, 0.717) is 11.3 Å². The Morgan fingerprint density at radius 1 is 1.10 bits per heavy atom. The Morgan fingerprint density at radius 3 is 2.42 bits per heavy atom. The molecule has 0 aliphatic heterocycles. The lowest BCUT2D eigenvalue weighted by molar-refractivity contribution is -0.137. The Bertz CT molecular complexity index is 1180. The number of nitrogens with one attached hydrogen (secondary N) is 2. The van der Waals surface area contributed by atoms with Crippen LogP contribution >= 0.6 is 11.8 Å². The van der Waals surface area contributed by atoms with E-state index in [1.165, 1.54) is 30.3 Å². The Morgan fingerprint density at radius 2 is 1.77 bits per heavy atom. The SMILES string of the molecule is CS(=O)(=O)Nc1ccc(-c2nnc(SCC(=O)Nc3ccccc3C(F)(F)F)o2)cc1. The molecule has 1 amide bonds. The molecule has 3 rings (SSSR count). The number of alkyl halides is 3. The second-order valence-electron chi connectivity index (χ2n) is 6.20. The number of para-hydroxylation sites is 1. The van der Waals surface area contributed by atoms with Gasteiger partial charge >= 0.3 is 6.18 Å². The van der Waals surface area contributed by atoms with Crippen LogP contribution in [0, 0.1) is 0 Å². The van der Waals surface area contributed by atoms with Gasteiger partial charge < -0.3 is 9.73 Å². The lowest BCUT2D eigenvalue weighted by Gasteiger charge is -2.13. The van der Waals surface area contributed by atoms with E-state index in [1.54, 1.807) is 12.1 Å². The standard InChI is InChI=1S/C18H15F3N4O4S2/c1-31(27,28)25-12-8-6-11(7-9-12)16-23-24-17(29-16)30-10-15(26)22-14-5-3-2-4-13(14)18(19,20)21/h2-9,25H,10H2,1H3,(H,22,26). The highest BCUT2D eigenvalue weighted by atomic mass is 32.2. The van der Waals surface area contributed by atoms with Crippen molar-refractivity contribution in [3.63, 3.8) is 0 Å². The van der Waals surface area contributed by atoms with Gasteiger partial charge in [-0.25, -0.2) is 8.42 Å². The van der Waals surface area contributed by atoms with Gasteiger partial charge in [0.15, 0.2) is 0 Å². The van der Waals surface area contributed by atoms with Crippen LogP contribution < -0.4 is 10.0 Å². The van der Waals surface area contributed by atoms with Crippen molar-refractivity contribution >= 4 is 39.1 Å². The van der Waals surface area contributed by atoms with Crippen molar-refractivity contribution in [3.05, 3.63) is 54.1 Å². The molecule has 2 N–H and O–H groups in total. The number of halogens is 3. The van der Waals surface area contributed by atoms with Crippen molar-refractivity contribution in [1.29, 1.82) is 0 Å². The number of nitrogens with zero attached hydrogens (tertiary/aromatic N) is 2. The predicted molar refractivity (Wildman–Crippen MR) is 109 cm³/mol. The van der Waals surface area contributed by atoms with E-state index in [0.717, 1.165) is 24.1 Å². The molecule has 0 aliphatic rings. The number of thioether (sulfide) groups is 1. The molecule has 3 aromatic rings. The highest BCUT2D eigenvalue weighted by Crippen LogP contribution is 2.34. The Labute approximate surface area is 179 Å². The van der Waals surface area contributed by atoms with Gasteiger partial charge in [-0.2, -0.15) is 13.2 Å². The van der Waals surface area contributed by atoms with Gasteiger partial charge in [0.1, 0.15) is 0 Å². The van der Waals surface area contributed by atoms with Gasteiger partial charge in [-0.1, -0.05) is 23.9 Å². The predicted octanol–water partition coefficient (Wildman–Crippen LogP) is 3.86. The largest absolute Gasteiger partial charge is 0.418 e. The lowest BCUT2D eigenvalue weighted by Crippen LogP contribution is -2.18. The quantitative estimate of drug-likeness (QED) is 0.502. The molecule has 2 aromatic carbocycles. The highest BCUT2D eigenvalue weighted by Gasteiger charge is 2.33. The molecular weight excluding hydrogens is 457 g/mol. The van der Waals surface area contributed by atoms with Crippen molar-refractivity contribution in [2.24, 2.45) is 0 Å². The van der Waals surface area contributed by atoms with Gasteiger partial charge in [0.2, 0.25) is 21.8 Å². The van der Waals surface area contributed by atoms with Gasteiger partial charge in [-0.3, -0.25) is 9.52 Å². The average Bonchev–Trinajstić information content (AvgIpc) is 3.14. The molecule has 1 aromatic heterocycles. The first-order valence-electron chi connectivity index (χ1n) is 8.52. The number of hydrogen-bond acceptors (Lipinski definition) is 7. The fraction of sp³-hybridized carbons (Fsp3) is 0.167. The van der Waals surface area contributed by atoms with E-state index in [1.807, 2.05) is 0 Å². The monoisotopic (exact) mass is 472 g/mol. The van der Waals surface area contributed by atoms with Gasteiger partial charge in [-0.05, 0) is 36.4 Å². The number of anilines is 2. The number of carbonyl (C=O) groups excluding carboxylic acids is 1. The third-order valence-corrected chi connectivity index (χ3v) is 5.10. The molecule has 0 fully saturated rings. The molecule has 13 heteroatoms. The fourth-order valence-corrected chi connectivity index (χ4v) is 3.56. The zero-order chi connectivity index (χ0) is 22.6. The summed E-state index contributed by atoms with van der Waals surface area (Å²) in [4.78, 5) is 12.0. The lowest BCUT2D eigenvalue weighted by atomic mass is 10.1. The van der Waals surface area contributed by atoms with Crippen LogP contribution in [0.3, 0.4) is 0 Å². The summed E-state index contributed by atoms with van der Waals surface area (Å²) in [5.41, 5.74) is -0.407. The first kappa shape index (κ1) is 22.6. The van der Waals surface area contributed by atoms with Crippen molar-refractivity contribution in [1.82, 2.24) is 10.2 Å². The molecule has 0 aliphatic carbocycles. The minimum Gasteiger partial charge on any atom is -0.411 e. The maximum Gasteiger partial charge on any atom is 0.418 e. The van der Waals surface area contributed by atoms with Crippen molar-refractivity contribution < 1.29 is 30.8 Å². The number of rotatable bonds is 7. The molecule has 0 unspecified atom stereocenters. The van der Waals surface area contributed by atoms with E-state index >= 15 is 0 Å². The van der Waals surface area contributed by atoms with E-state index in [4.69, 9.17) is 4.42 Å². The molecule has 164 valence electrons. The van der Waals surface area contributed by atoms with Crippen LogP contribution in [0.2, 0.25) is 0 Å². The zero-order valence-corrected chi connectivity index (χ0v) is 17.4. The van der Waals surface area contributed by atoms with E-state index in [9.17, 15) is 26.4 Å². The smallest absolute Gasteiger partial charge is 0.411 e. The van der Waals surface area contributed by atoms with Crippen molar-refractivity contribution in [2.45, 2.75) is 11.4 Å². The zero-order valence-electron chi connectivity index (χ0n) is 15.8. The summed E-state index contributed by atoms with van der Waals surface area (Å²) >= 11 is 0.862. The number of hydrogen-bond donors (Lipinski definition) is 2. The van der Waals surface area contributed by atoms with Gasteiger partial charge in [0.05, 0.1) is 23.3 Å². The molecule has 0 saturated carbocycles. The number of aromatic nitrogens is 2. The number of benzene rings is 2. The summed E-state index contributed by atoms with van der Waals surface area (Å²) in [5, 5.41) is 9.90. The minimum atomic E-state index is -4.59. The molecular formula is C18H15F3N4O4S2. The highest BCUT2D eigenvalue weighted by molar-refractivity contribution is 7.99. The third kappa shape index (κ3) is 6.46. The first-order valence-corrected chi connectivity index (χ1v) is 11.4. The van der Waals surface area contributed by atoms with Gasteiger partial charge in [0.25, 0.3) is 5.22 Å². The van der Waals surface area contributed by atoms with Crippen LogP contribution in [0.1, 0.15) is 5.56 Å². The number of amides is 1. The maximum absolute atomic E-state index is 13.0. The first-order chi connectivity index (χ1) is 14.5. The molecule has 0 saturated heterocycles. The van der Waals surface area contributed by atoms with Crippen molar-refractivity contribution in [3.8, 4) is 11.5 Å². The third-order valence-electron chi connectivity index (χ3n) is 3.67. The van der Waals surface area contributed by atoms with Crippen molar-refractivity contribution in [2.75, 3.05) is 22.0 Å². The fourth-order valence-electron chi connectivity index (χ4n) is 2.43. The molecule has 0 radical (unpaired) electrons. The van der Waals surface area contributed by atoms with E-state index in [2.05, 4.69) is 20.2 Å². The Hall–Kier alpha value is -3.06. The summed E-state index contributed by atoms with van der Waals surface area (Å²) in [6, 6.07) is 10.8. The number of sulfonamides is 1. The summed E-state index contributed by atoms with van der Waals surface area (Å²) in [5.74, 6) is -0.778. The summed E-state index contributed by atoms with van der Waals surface area (Å²) in [7, 11) is -3.40. The molecule has 8 nitrogen and oxygen atoms in total. The van der Waals surface area contributed by atoms with Crippen LogP contribution in [-0.4, -0.2) is 36.5 Å². The summed E-state index contributed by atoms with van der Waals surface area (Å²) in [6.45, 7) is 0. The summed E-state index contributed by atoms with van der Waals surface area (Å²) < 4.78 is 69.2. The van der Waals surface area contributed by atoms with E-state index < -0.39 is 27.7 Å². The molecule has 0 spiro atoms. The Balaban J connectivity index is 1.60. The van der Waals surface area contributed by atoms with Crippen LogP contribution in [0.25, 0.3) is 11.5 Å². The summed E-state index contributed by atoms with van der Waals surface area (Å²) in [6.07, 6.45) is -3.56. The minimum absolute atomic E-state index is 0.0487. The second-order valence-corrected chi connectivity index (χ2v) is 8.88. The molecule has 0 atom stereocenters. The van der Waals surface area contributed by atoms with Gasteiger partial charge in [-0.15, -0.1) is 10.2 Å². The van der Waals surface area contributed by atoms with Gasteiger partial charge in [0, 0.05) is 11.3 Å². The van der Waals surface area contributed by atoms with Crippen LogP contribution in [0.5, 0.6) is 0 Å². The van der Waals surface area contributed by atoms with Crippen LogP contribution in [0.15, 0.2) is 58.2 Å². The molecule has 0 bridgehead atoms. The molecule has 31 heavy (non-hydrogen) atoms. The normalized spacial score (nSPS) is 11.9. The average molecular weight is 472 g/mol. The van der Waals surface area contributed by atoms with Crippen LogP contribution in [0.4, 0.5) is 24.5 Å². The number of carbonyl (C=O) groups is 1. The van der Waals surface area contributed by atoms with Crippen LogP contribution in [-0.2, 0) is 21.0 Å².